The number of nitrogens with zero attached hydrogens (tertiary/aromatic N) is 2. The molecule has 0 spiro atoms. The summed E-state index contributed by atoms with van der Waals surface area (Å²) in [6.07, 6.45) is 1.00. The predicted molar refractivity (Wildman–Crippen MR) is 98.1 cm³/mol. The molecule has 6 nitrogen and oxygen atoms in total. The van der Waals surface area contributed by atoms with Crippen molar-refractivity contribution in [1.29, 1.82) is 0 Å². The second kappa shape index (κ2) is 7.80. The number of fused-ring (bicyclic) bond motifs is 1. The minimum atomic E-state index is -0.238. The van der Waals surface area contributed by atoms with Gasteiger partial charge in [0.25, 0.3) is 5.91 Å². The van der Waals surface area contributed by atoms with Crippen LogP contribution in [-0.2, 0) is 4.74 Å². The van der Waals surface area contributed by atoms with E-state index in [0.29, 0.717) is 24.2 Å². The summed E-state index contributed by atoms with van der Waals surface area (Å²) in [4.78, 5) is 31.9. The molecule has 1 aromatic carbocycles. The fourth-order valence-corrected chi connectivity index (χ4v) is 3.32. The van der Waals surface area contributed by atoms with Crippen LogP contribution in [0.1, 0.15) is 22.3 Å². The summed E-state index contributed by atoms with van der Waals surface area (Å²) in [6.45, 7) is 6.82. The molecule has 1 saturated heterocycles. The molecular weight excluding hydrogens is 318 g/mol. The third kappa shape index (κ3) is 4.08. The van der Waals surface area contributed by atoms with Crippen LogP contribution in [0.3, 0.4) is 0 Å². The first kappa shape index (κ1) is 17.6. The first-order valence-corrected chi connectivity index (χ1v) is 8.73. The molecule has 0 saturated carbocycles. The highest BCUT2D eigenvalue weighted by molar-refractivity contribution is 6.06. The van der Waals surface area contributed by atoms with E-state index >= 15 is 0 Å². The Balaban J connectivity index is 1.75. The fourth-order valence-electron chi connectivity index (χ4n) is 3.32. The molecule has 1 aliphatic heterocycles. The van der Waals surface area contributed by atoms with Gasteiger partial charge in [0.1, 0.15) is 0 Å². The van der Waals surface area contributed by atoms with Crippen molar-refractivity contribution in [2.24, 2.45) is 0 Å². The van der Waals surface area contributed by atoms with E-state index in [2.05, 4.69) is 9.88 Å². The van der Waals surface area contributed by atoms with Crippen LogP contribution >= 0.6 is 0 Å². The zero-order valence-corrected chi connectivity index (χ0v) is 14.9. The number of carbonyl (C=O) groups excluding carboxylic acids is 1. The molecule has 0 radical (unpaired) electrons. The molecule has 1 fully saturated rings. The molecular formula is C19H25N3O3. The highest BCUT2D eigenvalue weighted by Crippen LogP contribution is 2.19. The van der Waals surface area contributed by atoms with Crippen LogP contribution < -0.4 is 5.56 Å². The Morgan fingerprint density at radius 2 is 1.96 bits per heavy atom. The lowest BCUT2D eigenvalue weighted by Crippen LogP contribution is -2.49. The highest BCUT2D eigenvalue weighted by atomic mass is 16.5. The fraction of sp³-hybridized carbons (Fsp3) is 0.474. The monoisotopic (exact) mass is 343 g/mol. The number of aromatic amines is 1. The average Bonchev–Trinajstić information content (AvgIpc) is 2.62. The molecule has 6 heteroatoms. The number of hydrogen-bond acceptors (Lipinski definition) is 4. The third-order valence-electron chi connectivity index (χ3n) is 4.71. The van der Waals surface area contributed by atoms with Crippen molar-refractivity contribution in [3.05, 3.63) is 45.7 Å². The summed E-state index contributed by atoms with van der Waals surface area (Å²) in [5.74, 6) is -0.0572. The molecule has 1 aromatic heterocycles. The molecule has 25 heavy (non-hydrogen) atoms. The number of piperazine rings is 1. The van der Waals surface area contributed by atoms with E-state index in [-0.39, 0.29) is 11.5 Å². The van der Waals surface area contributed by atoms with Gasteiger partial charge in [-0.1, -0.05) is 11.6 Å². The summed E-state index contributed by atoms with van der Waals surface area (Å²) in [6, 6.07) is 7.18. The van der Waals surface area contributed by atoms with Crippen molar-refractivity contribution in [1.82, 2.24) is 14.8 Å². The van der Waals surface area contributed by atoms with E-state index in [9.17, 15) is 9.59 Å². The van der Waals surface area contributed by atoms with Crippen molar-refractivity contribution in [3.63, 3.8) is 0 Å². The summed E-state index contributed by atoms with van der Waals surface area (Å²) in [5, 5.41) is 0.812. The van der Waals surface area contributed by atoms with Gasteiger partial charge < -0.3 is 14.6 Å². The first-order chi connectivity index (χ1) is 12.1. The van der Waals surface area contributed by atoms with Crippen LogP contribution in [0.5, 0.6) is 0 Å². The number of H-pyrrole nitrogens is 1. The third-order valence-corrected chi connectivity index (χ3v) is 4.71. The predicted octanol–water partition coefficient (Wildman–Crippen LogP) is 1.63. The largest absolute Gasteiger partial charge is 0.385 e. The lowest BCUT2D eigenvalue weighted by Gasteiger charge is -2.34. The first-order valence-electron chi connectivity index (χ1n) is 8.73. The van der Waals surface area contributed by atoms with Crippen LogP contribution in [0.4, 0.5) is 0 Å². The minimum absolute atomic E-state index is 0.0572. The molecule has 2 heterocycles. The zero-order chi connectivity index (χ0) is 17.8. The van der Waals surface area contributed by atoms with Gasteiger partial charge in [-0.25, -0.2) is 0 Å². The van der Waals surface area contributed by atoms with E-state index in [0.717, 1.165) is 43.6 Å². The quantitative estimate of drug-likeness (QED) is 0.838. The maximum Gasteiger partial charge on any atom is 0.254 e. The van der Waals surface area contributed by atoms with Crippen LogP contribution in [0.15, 0.2) is 29.1 Å². The van der Waals surface area contributed by atoms with Crippen LogP contribution in [-0.4, -0.2) is 67.1 Å². The molecule has 1 amide bonds. The Morgan fingerprint density at radius 1 is 1.20 bits per heavy atom. The maximum absolute atomic E-state index is 13.0. The number of pyridine rings is 1. The number of aryl methyl sites for hydroxylation is 1. The summed E-state index contributed by atoms with van der Waals surface area (Å²) >= 11 is 0. The van der Waals surface area contributed by atoms with Crippen molar-refractivity contribution in [2.75, 3.05) is 46.4 Å². The van der Waals surface area contributed by atoms with Crippen molar-refractivity contribution in [2.45, 2.75) is 13.3 Å². The number of carbonyl (C=O) groups is 1. The van der Waals surface area contributed by atoms with Crippen molar-refractivity contribution < 1.29 is 9.53 Å². The average molecular weight is 343 g/mol. The van der Waals surface area contributed by atoms with Gasteiger partial charge in [-0.2, -0.15) is 0 Å². The summed E-state index contributed by atoms with van der Waals surface area (Å²) < 4.78 is 5.09. The molecule has 0 atom stereocenters. The molecule has 1 N–H and O–H groups in total. The number of amides is 1. The molecule has 2 aromatic rings. The molecule has 1 aliphatic rings. The topological polar surface area (TPSA) is 65.6 Å². The smallest absolute Gasteiger partial charge is 0.254 e. The van der Waals surface area contributed by atoms with Crippen LogP contribution in [0.25, 0.3) is 10.9 Å². The normalized spacial score (nSPS) is 15.7. The number of nitrogens with one attached hydrogen (secondary N) is 1. The number of aromatic nitrogens is 1. The Kier molecular flexibility index (Phi) is 5.50. The van der Waals surface area contributed by atoms with Gasteiger partial charge in [-0.05, 0) is 25.5 Å². The Labute approximate surface area is 147 Å². The lowest BCUT2D eigenvalue weighted by atomic mass is 10.1. The molecule has 0 bridgehead atoms. The Morgan fingerprint density at radius 3 is 2.68 bits per heavy atom. The molecule has 0 aliphatic carbocycles. The van der Waals surface area contributed by atoms with Crippen molar-refractivity contribution >= 4 is 16.8 Å². The van der Waals surface area contributed by atoms with Gasteiger partial charge in [-0.3, -0.25) is 14.5 Å². The maximum atomic E-state index is 13.0. The van der Waals surface area contributed by atoms with Gasteiger partial charge in [0.15, 0.2) is 0 Å². The number of ether oxygens (including phenoxy) is 1. The molecule has 134 valence electrons. The highest BCUT2D eigenvalue weighted by Gasteiger charge is 2.23. The number of methoxy groups -OCH3 is 1. The van der Waals surface area contributed by atoms with Gasteiger partial charge in [-0.15, -0.1) is 0 Å². The summed E-state index contributed by atoms with van der Waals surface area (Å²) in [5.41, 5.74) is 2.03. The lowest BCUT2D eigenvalue weighted by molar-refractivity contribution is 0.0626. The van der Waals surface area contributed by atoms with E-state index in [1.807, 2.05) is 30.0 Å². The second-order valence-corrected chi connectivity index (χ2v) is 6.58. The van der Waals surface area contributed by atoms with Gasteiger partial charge in [0, 0.05) is 63.4 Å². The Hall–Kier alpha value is -2.18. The second-order valence-electron chi connectivity index (χ2n) is 6.58. The van der Waals surface area contributed by atoms with E-state index < -0.39 is 0 Å². The Bertz CT molecular complexity index is 807. The minimum Gasteiger partial charge on any atom is -0.385 e. The molecule has 3 rings (SSSR count). The van der Waals surface area contributed by atoms with E-state index in [1.165, 1.54) is 6.07 Å². The molecule has 0 unspecified atom stereocenters. The van der Waals surface area contributed by atoms with Crippen molar-refractivity contribution in [3.8, 4) is 0 Å². The van der Waals surface area contributed by atoms with Gasteiger partial charge in [0.2, 0.25) is 5.56 Å². The number of rotatable bonds is 5. The number of benzene rings is 1. The summed E-state index contributed by atoms with van der Waals surface area (Å²) in [7, 11) is 1.71. The SMILES string of the molecule is COCCCN1CCN(C(=O)c2cc(=O)[nH]c3ccc(C)cc23)CC1. The van der Waals surface area contributed by atoms with Gasteiger partial charge >= 0.3 is 0 Å². The van der Waals surface area contributed by atoms with Crippen LogP contribution in [0, 0.1) is 6.92 Å². The zero-order valence-electron chi connectivity index (χ0n) is 14.9. The standard InChI is InChI=1S/C19H25N3O3/c1-14-4-5-17-15(12-14)16(13-18(23)20-17)19(24)22-9-7-21(8-10-22)6-3-11-25-2/h4-5,12-13H,3,6-11H2,1-2H3,(H,20,23). The van der Waals surface area contributed by atoms with E-state index in [4.69, 9.17) is 4.74 Å². The van der Waals surface area contributed by atoms with E-state index in [1.54, 1.807) is 7.11 Å². The van der Waals surface area contributed by atoms with Gasteiger partial charge in [0.05, 0.1) is 5.56 Å². The number of hydrogen-bond donors (Lipinski definition) is 1. The van der Waals surface area contributed by atoms with Crippen LogP contribution in [0.2, 0.25) is 0 Å².